The van der Waals surface area contributed by atoms with Crippen molar-refractivity contribution in [2.45, 2.75) is 18.7 Å². The Balaban J connectivity index is 1.73. The molecule has 0 aliphatic heterocycles. The molecule has 158 valence electrons. The summed E-state index contributed by atoms with van der Waals surface area (Å²) in [6, 6.07) is 12.2. The Morgan fingerprint density at radius 1 is 1.03 bits per heavy atom. The topological polar surface area (TPSA) is 101 Å². The third kappa shape index (κ3) is 4.25. The van der Waals surface area contributed by atoms with Gasteiger partial charge in [-0.15, -0.1) is 11.3 Å². The molecule has 4 rings (SSSR count). The molecule has 0 spiro atoms. The summed E-state index contributed by atoms with van der Waals surface area (Å²) in [7, 11) is -3.91. The summed E-state index contributed by atoms with van der Waals surface area (Å²) in [6.07, 6.45) is 1.45. The molecular formula is C21H17FN4O3S2. The number of hydrogen-bond acceptors (Lipinski definition) is 7. The maximum Gasteiger partial charge on any atom is 0.264 e. The third-order valence-electron chi connectivity index (χ3n) is 4.50. The summed E-state index contributed by atoms with van der Waals surface area (Å²) in [6.45, 7) is 3.10. The lowest BCUT2D eigenvalue weighted by Crippen LogP contribution is -2.28. The van der Waals surface area contributed by atoms with Gasteiger partial charge < -0.3 is 5.32 Å². The van der Waals surface area contributed by atoms with Crippen LogP contribution in [-0.2, 0) is 14.8 Å². The summed E-state index contributed by atoms with van der Waals surface area (Å²) in [5.74, 6) is -0.428. The van der Waals surface area contributed by atoms with Gasteiger partial charge in [-0.25, -0.2) is 27.5 Å². The fraction of sp³-hybridized carbons (Fsp3) is 0.0952. The average Bonchev–Trinajstić information content (AvgIpc) is 3.05. The molecular weight excluding hydrogens is 439 g/mol. The van der Waals surface area contributed by atoms with Crippen LogP contribution in [0, 0.1) is 12.7 Å². The van der Waals surface area contributed by atoms with E-state index in [2.05, 4.69) is 15.3 Å². The smallest absolute Gasteiger partial charge is 0.264 e. The van der Waals surface area contributed by atoms with Crippen molar-refractivity contribution < 1.29 is 17.6 Å². The number of thiophene rings is 1. The quantitative estimate of drug-likeness (QED) is 0.462. The van der Waals surface area contributed by atoms with E-state index in [4.69, 9.17) is 0 Å². The molecule has 0 saturated carbocycles. The van der Waals surface area contributed by atoms with Gasteiger partial charge in [-0.05, 0) is 48.9 Å². The first-order valence-corrected chi connectivity index (χ1v) is 11.4. The molecule has 0 unspecified atom stereocenters. The van der Waals surface area contributed by atoms with Crippen molar-refractivity contribution in [3.8, 4) is 11.1 Å². The molecule has 10 heteroatoms. The summed E-state index contributed by atoms with van der Waals surface area (Å²) in [5.41, 5.74) is 2.36. The Labute approximate surface area is 182 Å². The lowest BCUT2D eigenvalue weighted by molar-refractivity contribution is -0.117. The highest BCUT2D eigenvalue weighted by atomic mass is 32.2. The monoisotopic (exact) mass is 456 g/mol. The number of hydrogen-bond donors (Lipinski definition) is 2. The Hall–Kier alpha value is -3.37. The van der Waals surface area contributed by atoms with E-state index in [1.165, 1.54) is 41.9 Å². The minimum absolute atomic E-state index is 0.0283. The van der Waals surface area contributed by atoms with Crippen LogP contribution in [0.4, 0.5) is 15.9 Å². The largest absolute Gasteiger partial charge is 0.340 e. The number of carbonyl (C=O) groups excluding carboxylic acids is 1. The van der Waals surface area contributed by atoms with Crippen LogP contribution in [0.25, 0.3) is 21.3 Å². The number of sulfonamides is 1. The number of nitrogens with zero attached hydrogens (tertiary/aromatic N) is 2. The molecule has 0 fully saturated rings. The Morgan fingerprint density at radius 2 is 1.71 bits per heavy atom. The van der Waals surface area contributed by atoms with Crippen molar-refractivity contribution in [2.75, 3.05) is 5.32 Å². The van der Waals surface area contributed by atoms with E-state index >= 15 is 0 Å². The second-order valence-corrected chi connectivity index (χ2v) is 9.64. The summed E-state index contributed by atoms with van der Waals surface area (Å²) in [5, 5.41) is 4.00. The fourth-order valence-electron chi connectivity index (χ4n) is 3.21. The first kappa shape index (κ1) is 20.9. The van der Waals surface area contributed by atoms with E-state index in [1.807, 2.05) is 11.6 Å². The summed E-state index contributed by atoms with van der Waals surface area (Å²) < 4.78 is 39.6. The second-order valence-electron chi connectivity index (χ2n) is 6.75. The Morgan fingerprint density at radius 3 is 2.35 bits per heavy atom. The maximum absolute atomic E-state index is 13.4. The number of nitrogens with one attached hydrogen (secondary N) is 2. The van der Waals surface area contributed by atoms with Crippen molar-refractivity contribution in [2.24, 2.45) is 0 Å². The molecule has 0 saturated heterocycles. The molecule has 2 heterocycles. The van der Waals surface area contributed by atoms with E-state index < -0.39 is 15.9 Å². The molecule has 0 aliphatic carbocycles. The van der Waals surface area contributed by atoms with Crippen LogP contribution >= 0.6 is 11.3 Å². The zero-order chi connectivity index (χ0) is 22.2. The molecule has 0 atom stereocenters. The van der Waals surface area contributed by atoms with Crippen molar-refractivity contribution in [3.63, 3.8) is 0 Å². The van der Waals surface area contributed by atoms with Crippen molar-refractivity contribution in [1.29, 1.82) is 0 Å². The normalized spacial score (nSPS) is 11.5. The van der Waals surface area contributed by atoms with Gasteiger partial charge in [0.15, 0.2) is 0 Å². The Bertz CT molecular complexity index is 1380. The lowest BCUT2D eigenvalue weighted by Gasteiger charge is -2.10. The maximum atomic E-state index is 13.4. The number of aryl methyl sites for hydroxylation is 1. The molecule has 2 aromatic carbocycles. The van der Waals surface area contributed by atoms with Gasteiger partial charge in [0.2, 0.25) is 5.91 Å². The van der Waals surface area contributed by atoms with Gasteiger partial charge in [-0.1, -0.05) is 12.1 Å². The standard InChI is InChI=1S/C21H17FN4O3S2/c1-12-18(14-3-5-15(22)6-4-14)19-20(23-11-24-21(19)30-12)25-16-7-9-17(10-8-16)31(28,29)26-13(2)27/h3-11H,1-2H3,(H,26,27)(H,23,24,25). The van der Waals surface area contributed by atoms with Crippen LogP contribution in [-0.4, -0.2) is 24.3 Å². The first-order chi connectivity index (χ1) is 14.7. The van der Waals surface area contributed by atoms with E-state index in [9.17, 15) is 17.6 Å². The molecule has 7 nitrogen and oxygen atoms in total. The first-order valence-electron chi connectivity index (χ1n) is 9.15. The summed E-state index contributed by atoms with van der Waals surface area (Å²) in [4.78, 5) is 21.6. The second kappa shape index (κ2) is 8.05. The van der Waals surface area contributed by atoms with Crippen molar-refractivity contribution in [1.82, 2.24) is 14.7 Å². The number of aromatic nitrogens is 2. The number of fused-ring (bicyclic) bond motifs is 1. The lowest BCUT2D eigenvalue weighted by atomic mass is 10.0. The van der Waals surface area contributed by atoms with Gasteiger partial charge in [-0.2, -0.15) is 0 Å². The minimum Gasteiger partial charge on any atom is -0.340 e. The van der Waals surface area contributed by atoms with Crippen LogP contribution in [0.15, 0.2) is 59.8 Å². The number of amides is 1. The minimum atomic E-state index is -3.91. The molecule has 4 aromatic rings. The van der Waals surface area contributed by atoms with Crippen molar-refractivity contribution in [3.05, 3.63) is 65.6 Å². The number of rotatable bonds is 5. The van der Waals surface area contributed by atoms with Gasteiger partial charge in [0.25, 0.3) is 10.0 Å². The molecule has 31 heavy (non-hydrogen) atoms. The molecule has 2 aromatic heterocycles. The Kier molecular flexibility index (Phi) is 5.42. The fourth-order valence-corrected chi connectivity index (χ4v) is 5.21. The highest BCUT2D eigenvalue weighted by Gasteiger charge is 2.18. The number of anilines is 2. The SMILES string of the molecule is CC(=O)NS(=O)(=O)c1ccc(Nc2ncnc3sc(C)c(-c4ccc(F)cc4)c23)cc1. The van der Waals surface area contributed by atoms with Gasteiger partial charge in [0.1, 0.15) is 22.8 Å². The third-order valence-corrected chi connectivity index (χ3v) is 6.96. The zero-order valence-electron chi connectivity index (χ0n) is 16.5. The van der Waals surface area contributed by atoms with Crippen LogP contribution in [0.1, 0.15) is 11.8 Å². The number of halogens is 1. The molecule has 1 amide bonds. The van der Waals surface area contributed by atoms with Gasteiger partial charge >= 0.3 is 0 Å². The van der Waals surface area contributed by atoms with E-state index in [0.29, 0.717) is 11.5 Å². The van der Waals surface area contributed by atoms with E-state index in [1.54, 1.807) is 24.3 Å². The zero-order valence-corrected chi connectivity index (χ0v) is 18.1. The van der Waals surface area contributed by atoms with Crippen LogP contribution in [0.5, 0.6) is 0 Å². The van der Waals surface area contributed by atoms with Crippen LogP contribution in [0.2, 0.25) is 0 Å². The van der Waals surface area contributed by atoms with Gasteiger partial charge in [0.05, 0.1) is 10.3 Å². The van der Waals surface area contributed by atoms with Crippen LogP contribution < -0.4 is 10.0 Å². The van der Waals surface area contributed by atoms with E-state index in [0.717, 1.165) is 33.1 Å². The molecule has 2 N–H and O–H groups in total. The van der Waals surface area contributed by atoms with Crippen LogP contribution in [0.3, 0.4) is 0 Å². The number of benzene rings is 2. The number of carbonyl (C=O) groups is 1. The predicted molar refractivity (Wildman–Crippen MR) is 118 cm³/mol. The van der Waals surface area contributed by atoms with Gasteiger partial charge in [0, 0.05) is 23.1 Å². The van der Waals surface area contributed by atoms with E-state index in [-0.39, 0.29) is 10.7 Å². The summed E-state index contributed by atoms with van der Waals surface area (Å²) >= 11 is 1.51. The van der Waals surface area contributed by atoms with Crippen molar-refractivity contribution >= 4 is 49.0 Å². The molecule has 0 aliphatic rings. The predicted octanol–water partition coefficient (Wildman–Crippen LogP) is 4.37. The highest BCUT2D eigenvalue weighted by Crippen LogP contribution is 2.41. The molecule has 0 bridgehead atoms. The average molecular weight is 457 g/mol. The van der Waals surface area contributed by atoms with Gasteiger partial charge in [-0.3, -0.25) is 4.79 Å². The highest BCUT2D eigenvalue weighted by molar-refractivity contribution is 7.90. The molecule has 0 radical (unpaired) electrons.